The van der Waals surface area contributed by atoms with Gasteiger partial charge in [0.05, 0.1) is 6.10 Å². The van der Waals surface area contributed by atoms with Crippen molar-refractivity contribution in [2.75, 3.05) is 12.8 Å². The monoisotopic (exact) mass is 146 g/mol. The van der Waals surface area contributed by atoms with Crippen LogP contribution in [0.25, 0.3) is 0 Å². The molecule has 0 heterocycles. The van der Waals surface area contributed by atoms with E-state index in [0.717, 1.165) is 6.61 Å². The Labute approximate surface area is 59.4 Å². The molecule has 1 fully saturated rings. The normalized spacial score (nSPS) is 19.7. The van der Waals surface area contributed by atoms with Gasteiger partial charge in [-0.2, -0.15) is 0 Å². The second-order valence-electron chi connectivity index (χ2n) is 2.57. The van der Waals surface area contributed by atoms with Crippen LogP contribution < -0.4 is 0 Å². The van der Waals surface area contributed by atoms with E-state index in [1.54, 1.807) is 0 Å². The van der Waals surface area contributed by atoms with E-state index in [4.69, 9.17) is 4.74 Å². The SMILES string of the molecule is PCCCOC1CCC1. The standard InChI is InChI=1S/C7H15OP/c9-6-2-5-8-7-3-1-4-7/h7H,1-6,9H2. The molecule has 0 radical (unpaired) electrons. The largest absolute Gasteiger partial charge is 0.378 e. The Kier molecular flexibility index (Phi) is 3.54. The topological polar surface area (TPSA) is 9.23 Å². The summed E-state index contributed by atoms with van der Waals surface area (Å²) in [7, 11) is 2.71. The van der Waals surface area contributed by atoms with Crippen molar-refractivity contribution in [2.24, 2.45) is 0 Å². The number of ether oxygens (including phenoxy) is 1. The molecule has 0 saturated heterocycles. The maximum absolute atomic E-state index is 5.51. The molecule has 1 saturated carbocycles. The van der Waals surface area contributed by atoms with Crippen LogP contribution in [0.15, 0.2) is 0 Å². The van der Waals surface area contributed by atoms with E-state index in [9.17, 15) is 0 Å². The minimum absolute atomic E-state index is 0.626. The summed E-state index contributed by atoms with van der Waals surface area (Å²) in [6, 6.07) is 0. The predicted octanol–water partition coefficient (Wildman–Crippen LogP) is 1.82. The van der Waals surface area contributed by atoms with Crippen LogP contribution >= 0.6 is 9.24 Å². The zero-order chi connectivity index (χ0) is 6.53. The summed E-state index contributed by atoms with van der Waals surface area (Å²) in [4.78, 5) is 0. The van der Waals surface area contributed by atoms with Crippen LogP contribution in [0.5, 0.6) is 0 Å². The van der Waals surface area contributed by atoms with Crippen LogP contribution in [-0.2, 0) is 4.74 Å². The van der Waals surface area contributed by atoms with E-state index in [0.29, 0.717) is 6.10 Å². The van der Waals surface area contributed by atoms with Gasteiger partial charge in [0, 0.05) is 6.61 Å². The van der Waals surface area contributed by atoms with Gasteiger partial charge >= 0.3 is 0 Å². The lowest BCUT2D eigenvalue weighted by Crippen LogP contribution is -2.21. The van der Waals surface area contributed by atoms with Crippen LogP contribution in [0.2, 0.25) is 0 Å². The summed E-state index contributed by atoms with van der Waals surface area (Å²) >= 11 is 0. The molecule has 0 aliphatic heterocycles. The fourth-order valence-electron chi connectivity index (χ4n) is 0.871. The maximum Gasteiger partial charge on any atom is 0.0575 e. The van der Waals surface area contributed by atoms with Crippen LogP contribution in [0, 0.1) is 0 Å². The van der Waals surface area contributed by atoms with E-state index >= 15 is 0 Å². The van der Waals surface area contributed by atoms with Gasteiger partial charge < -0.3 is 4.74 Å². The fraction of sp³-hybridized carbons (Fsp3) is 1.00. The molecule has 0 N–H and O–H groups in total. The van der Waals surface area contributed by atoms with Crippen molar-refractivity contribution < 1.29 is 4.74 Å². The highest BCUT2D eigenvalue weighted by Crippen LogP contribution is 2.21. The zero-order valence-corrected chi connectivity index (χ0v) is 6.96. The molecule has 0 bridgehead atoms. The highest BCUT2D eigenvalue weighted by atomic mass is 31.0. The Morgan fingerprint density at radius 1 is 1.44 bits per heavy atom. The first kappa shape index (κ1) is 7.50. The van der Waals surface area contributed by atoms with Gasteiger partial charge in [-0.05, 0) is 31.8 Å². The Balaban J connectivity index is 1.80. The molecular weight excluding hydrogens is 131 g/mol. The zero-order valence-electron chi connectivity index (χ0n) is 5.81. The average molecular weight is 146 g/mol. The van der Waals surface area contributed by atoms with Gasteiger partial charge in [0.1, 0.15) is 0 Å². The number of rotatable bonds is 4. The van der Waals surface area contributed by atoms with Crippen molar-refractivity contribution in [3.63, 3.8) is 0 Å². The minimum atomic E-state index is 0.626. The van der Waals surface area contributed by atoms with Gasteiger partial charge in [-0.25, -0.2) is 0 Å². The molecule has 54 valence electrons. The molecule has 0 aromatic heterocycles. The lowest BCUT2D eigenvalue weighted by Gasteiger charge is -2.25. The molecule has 0 aromatic carbocycles. The van der Waals surface area contributed by atoms with Crippen molar-refractivity contribution in [3.8, 4) is 0 Å². The van der Waals surface area contributed by atoms with Gasteiger partial charge in [0.2, 0.25) is 0 Å². The lowest BCUT2D eigenvalue weighted by atomic mass is 9.96. The molecular formula is C7H15OP. The van der Waals surface area contributed by atoms with Gasteiger partial charge in [-0.15, -0.1) is 9.24 Å². The maximum atomic E-state index is 5.51. The molecule has 1 aliphatic carbocycles. The number of hydrogen-bond donors (Lipinski definition) is 0. The fourth-order valence-corrected chi connectivity index (χ4v) is 1.04. The Hall–Kier alpha value is 0.390. The third kappa shape index (κ3) is 2.64. The summed E-state index contributed by atoms with van der Waals surface area (Å²) in [5, 5.41) is 0. The van der Waals surface area contributed by atoms with Crippen molar-refractivity contribution >= 4 is 9.24 Å². The van der Waals surface area contributed by atoms with E-state index in [1.807, 2.05) is 0 Å². The second kappa shape index (κ2) is 4.24. The average Bonchev–Trinajstić information content (AvgIpc) is 1.76. The lowest BCUT2D eigenvalue weighted by molar-refractivity contribution is 0.00321. The molecule has 0 amide bonds. The molecule has 1 aliphatic rings. The van der Waals surface area contributed by atoms with Crippen LogP contribution in [0.4, 0.5) is 0 Å². The Bertz CT molecular complexity index is 71.3. The molecule has 1 unspecified atom stereocenters. The number of hydrogen-bond acceptors (Lipinski definition) is 1. The first-order valence-electron chi connectivity index (χ1n) is 3.75. The summed E-state index contributed by atoms with van der Waals surface area (Å²) in [5.74, 6) is 0. The minimum Gasteiger partial charge on any atom is -0.378 e. The first-order valence-corrected chi connectivity index (χ1v) is 4.57. The summed E-state index contributed by atoms with van der Waals surface area (Å²) < 4.78 is 5.51. The van der Waals surface area contributed by atoms with Gasteiger partial charge in [0.15, 0.2) is 0 Å². The third-order valence-electron chi connectivity index (χ3n) is 1.75. The highest BCUT2D eigenvalue weighted by molar-refractivity contribution is 7.16. The molecule has 9 heavy (non-hydrogen) atoms. The van der Waals surface area contributed by atoms with E-state index in [1.165, 1.54) is 31.8 Å². The van der Waals surface area contributed by atoms with E-state index in [2.05, 4.69) is 9.24 Å². The van der Waals surface area contributed by atoms with Crippen molar-refractivity contribution in [3.05, 3.63) is 0 Å². The molecule has 0 spiro atoms. The second-order valence-corrected chi connectivity index (χ2v) is 3.14. The molecule has 2 heteroatoms. The molecule has 1 atom stereocenters. The first-order chi connectivity index (χ1) is 4.43. The summed E-state index contributed by atoms with van der Waals surface area (Å²) in [6.45, 7) is 0.966. The van der Waals surface area contributed by atoms with Crippen LogP contribution in [0.3, 0.4) is 0 Å². The van der Waals surface area contributed by atoms with Crippen molar-refractivity contribution in [1.82, 2.24) is 0 Å². The van der Waals surface area contributed by atoms with Gasteiger partial charge in [-0.3, -0.25) is 0 Å². The smallest absolute Gasteiger partial charge is 0.0575 e. The van der Waals surface area contributed by atoms with E-state index < -0.39 is 0 Å². The molecule has 0 aromatic rings. The highest BCUT2D eigenvalue weighted by Gasteiger charge is 2.16. The van der Waals surface area contributed by atoms with Crippen molar-refractivity contribution in [2.45, 2.75) is 31.8 Å². The third-order valence-corrected chi connectivity index (χ3v) is 2.16. The predicted molar refractivity (Wildman–Crippen MR) is 42.8 cm³/mol. The van der Waals surface area contributed by atoms with Crippen LogP contribution in [-0.4, -0.2) is 18.9 Å². The van der Waals surface area contributed by atoms with E-state index in [-0.39, 0.29) is 0 Å². The summed E-state index contributed by atoms with van der Waals surface area (Å²) in [6.07, 6.45) is 6.98. The molecule has 1 rings (SSSR count). The quantitative estimate of drug-likeness (QED) is 0.434. The summed E-state index contributed by atoms with van der Waals surface area (Å²) in [5.41, 5.74) is 0. The van der Waals surface area contributed by atoms with Crippen LogP contribution in [0.1, 0.15) is 25.7 Å². The van der Waals surface area contributed by atoms with Gasteiger partial charge in [0.25, 0.3) is 0 Å². The van der Waals surface area contributed by atoms with Gasteiger partial charge in [-0.1, -0.05) is 0 Å². The Morgan fingerprint density at radius 3 is 2.67 bits per heavy atom. The molecule has 1 nitrogen and oxygen atoms in total. The van der Waals surface area contributed by atoms with Crippen molar-refractivity contribution in [1.29, 1.82) is 0 Å². The Morgan fingerprint density at radius 2 is 2.22 bits per heavy atom.